The number of amides is 3. The van der Waals surface area contributed by atoms with Gasteiger partial charge in [-0.3, -0.25) is 9.59 Å². The highest BCUT2D eigenvalue weighted by molar-refractivity contribution is 5.97. The zero-order chi connectivity index (χ0) is 19.4. The van der Waals surface area contributed by atoms with E-state index in [2.05, 4.69) is 10.6 Å². The Kier molecular flexibility index (Phi) is 6.07. The Labute approximate surface area is 152 Å². The fraction of sp³-hybridized carbons (Fsp3) is 0.500. The highest BCUT2D eigenvalue weighted by Gasteiger charge is 2.27. The van der Waals surface area contributed by atoms with Crippen LogP contribution in [0.15, 0.2) is 18.2 Å². The fourth-order valence-corrected chi connectivity index (χ4v) is 2.65. The quantitative estimate of drug-likeness (QED) is 0.718. The van der Waals surface area contributed by atoms with E-state index in [-0.39, 0.29) is 24.5 Å². The number of anilines is 1. The molecular formula is C18H25N3O5. The van der Waals surface area contributed by atoms with Crippen molar-refractivity contribution in [3.05, 3.63) is 23.8 Å². The van der Waals surface area contributed by atoms with Gasteiger partial charge in [-0.05, 0) is 31.0 Å². The molecule has 0 radical (unpaired) electrons. The van der Waals surface area contributed by atoms with Crippen LogP contribution >= 0.6 is 0 Å². The molecule has 1 heterocycles. The van der Waals surface area contributed by atoms with Crippen LogP contribution in [0.1, 0.15) is 38.8 Å². The summed E-state index contributed by atoms with van der Waals surface area (Å²) in [5.74, 6) is -1.18. The van der Waals surface area contributed by atoms with Crippen molar-refractivity contribution in [3.63, 3.8) is 0 Å². The standard InChI is InChI=1S/C18H25N3O5/c1-5-14-16(22)20-13-7-6-12(8-15(13)26-14)11(3)19-18(25)21(4)9-10(2)17(23)24/h6-8,10-11,14H,5,9H2,1-4H3,(H,19,25)(H,20,22)(H,23,24). The van der Waals surface area contributed by atoms with Crippen LogP contribution in [0, 0.1) is 5.92 Å². The molecule has 3 unspecified atom stereocenters. The fourth-order valence-electron chi connectivity index (χ4n) is 2.65. The molecule has 0 aromatic heterocycles. The zero-order valence-electron chi connectivity index (χ0n) is 15.4. The third-order valence-corrected chi connectivity index (χ3v) is 4.35. The number of rotatable bonds is 6. The molecule has 8 heteroatoms. The Balaban J connectivity index is 2.04. The Morgan fingerprint density at radius 2 is 2.08 bits per heavy atom. The average molecular weight is 363 g/mol. The molecule has 26 heavy (non-hydrogen) atoms. The van der Waals surface area contributed by atoms with Crippen molar-refractivity contribution in [2.75, 3.05) is 18.9 Å². The molecule has 142 valence electrons. The average Bonchev–Trinajstić information content (AvgIpc) is 2.60. The number of aliphatic carboxylic acids is 1. The van der Waals surface area contributed by atoms with E-state index in [1.54, 1.807) is 32.2 Å². The van der Waals surface area contributed by atoms with Gasteiger partial charge >= 0.3 is 12.0 Å². The summed E-state index contributed by atoms with van der Waals surface area (Å²) < 4.78 is 5.72. The van der Waals surface area contributed by atoms with Gasteiger partial charge in [-0.2, -0.15) is 0 Å². The summed E-state index contributed by atoms with van der Waals surface area (Å²) in [6.07, 6.45) is 0.0419. The van der Waals surface area contributed by atoms with Crippen molar-refractivity contribution < 1.29 is 24.2 Å². The maximum Gasteiger partial charge on any atom is 0.317 e. The summed E-state index contributed by atoms with van der Waals surface area (Å²) in [6.45, 7) is 5.36. The Bertz CT molecular complexity index is 706. The second kappa shape index (κ2) is 8.07. The minimum Gasteiger partial charge on any atom is -0.481 e. The first-order valence-electron chi connectivity index (χ1n) is 8.58. The lowest BCUT2D eigenvalue weighted by Crippen LogP contribution is -2.41. The first-order valence-corrected chi connectivity index (χ1v) is 8.58. The highest BCUT2D eigenvalue weighted by atomic mass is 16.5. The van der Waals surface area contributed by atoms with Gasteiger partial charge in [0.05, 0.1) is 17.6 Å². The zero-order valence-corrected chi connectivity index (χ0v) is 15.4. The lowest BCUT2D eigenvalue weighted by molar-refractivity contribution is -0.141. The van der Waals surface area contributed by atoms with E-state index < -0.39 is 18.0 Å². The number of nitrogens with one attached hydrogen (secondary N) is 2. The number of carboxylic acids is 1. The molecule has 3 amide bonds. The number of nitrogens with zero attached hydrogens (tertiary/aromatic N) is 1. The third-order valence-electron chi connectivity index (χ3n) is 4.35. The predicted octanol–water partition coefficient (Wildman–Crippen LogP) is 2.22. The molecule has 0 fully saturated rings. The first-order chi connectivity index (χ1) is 12.2. The molecule has 3 N–H and O–H groups in total. The maximum absolute atomic E-state index is 12.2. The number of hydrogen-bond acceptors (Lipinski definition) is 4. The smallest absolute Gasteiger partial charge is 0.317 e. The van der Waals surface area contributed by atoms with Crippen LogP contribution in [-0.4, -0.2) is 47.6 Å². The molecule has 0 spiro atoms. The van der Waals surface area contributed by atoms with E-state index in [4.69, 9.17) is 9.84 Å². The van der Waals surface area contributed by atoms with Crippen LogP contribution in [0.25, 0.3) is 0 Å². The van der Waals surface area contributed by atoms with Gasteiger partial charge in [0.25, 0.3) is 5.91 Å². The van der Waals surface area contributed by atoms with Gasteiger partial charge in [-0.1, -0.05) is 19.9 Å². The molecule has 1 aromatic rings. The largest absolute Gasteiger partial charge is 0.481 e. The summed E-state index contributed by atoms with van der Waals surface area (Å²) >= 11 is 0. The van der Waals surface area contributed by atoms with E-state index in [9.17, 15) is 14.4 Å². The summed E-state index contributed by atoms with van der Waals surface area (Å²) in [6, 6.07) is 4.68. The lowest BCUT2D eigenvalue weighted by Gasteiger charge is -2.27. The molecule has 1 aromatic carbocycles. The Morgan fingerprint density at radius 3 is 2.69 bits per heavy atom. The number of hydrogen-bond donors (Lipinski definition) is 3. The number of benzene rings is 1. The topological polar surface area (TPSA) is 108 Å². The summed E-state index contributed by atoms with van der Waals surface area (Å²) in [7, 11) is 1.55. The number of fused-ring (bicyclic) bond motifs is 1. The van der Waals surface area contributed by atoms with Crippen LogP contribution in [0.3, 0.4) is 0 Å². The van der Waals surface area contributed by atoms with Crippen molar-refractivity contribution in [1.82, 2.24) is 10.2 Å². The molecule has 8 nitrogen and oxygen atoms in total. The lowest BCUT2D eigenvalue weighted by atomic mass is 10.1. The summed E-state index contributed by atoms with van der Waals surface area (Å²) in [5.41, 5.74) is 1.43. The van der Waals surface area contributed by atoms with E-state index in [1.165, 1.54) is 4.90 Å². The van der Waals surface area contributed by atoms with Crippen LogP contribution in [-0.2, 0) is 9.59 Å². The van der Waals surface area contributed by atoms with Crippen LogP contribution in [0.4, 0.5) is 10.5 Å². The van der Waals surface area contributed by atoms with Gasteiger partial charge < -0.3 is 25.4 Å². The number of carbonyl (C=O) groups is 3. The number of urea groups is 1. The molecule has 1 aliphatic rings. The molecule has 1 aliphatic heterocycles. The van der Waals surface area contributed by atoms with Crippen LogP contribution in [0.2, 0.25) is 0 Å². The van der Waals surface area contributed by atoms with Gasteiger partial charge in [0, 0.05) is 13.6 Å². The van der Waals surface area contributed by atoms with E-state index in [0.717, 1.165) is 5.56 Å². The second-order valence-electron chi connectivity index (χ2n) is 6.55. The van der Waals surface area contributed by atoms with Crippen molar-refractivity contribution in [3.8, 4) is 5.75 Å². The normalized spacial score (nSPS) is 18.0. The maximum atomic E-state index is 12.2. The number of carboxylic acid groups (broad SMARTS) is 1. The molecule has 0 saturated carbocycles. The van der Waals surface area contributed by atoms with Crippen LogP contribution < -0.4 is 15.4 Å². The van der Waals surface area contributed by atoms with Gasteiger partial charge in [-0.15, -0.1) is 0 Å². The minimum atomic E-state index is -0.947. The predicted molar refractivity (Wildman–Crippen MR) is 96.2 cm³/mol. The van der Waals surface area contributed by atoms with Gasteiger partial charge in [-0.25, -0.2) is 4.79 Å². The highest BCUT2D eigenvalue weighted by Crippen LogP contribution is 2.33. The summed E-state index contributed by atoms with van der Waals surface area (Å²) in [4.78, 5) is 36.3. The molecule has 0 aliphatic carbocycles. The van der Waals surface area contributed by atoms with E-state index >= 15 is 0 Å². The van der Waals surface area contributed by atoms with Crippen molar-refractivity contribution >= 4 is 23.6 Å². The molecule has 0 bridgehead atoms. The SMILES string of the molecule is CCC1Oc2cc(C(C)NC(=O)N(C)CC(C)C(=O)O)ccc2NC1=O. The number of ether oxygens (including phenoxy) is 1. The minimum absolute atomic E-state index is 0.116. The summed E-state index contributed by atoms with van der Waals surface area (Å²) in [5, 5.41) is 14.6. The third kappa shape index (κ3) is 4.44. The van der Waals surface area contributed by atoms with Gasteiger partial charge in [0.1, 0.15) is 5.75 Å². The van der Waals surface area contributed by atoms with Crippen molar-refractivity contribution in [1.29, 1.82) is 0 Å². The first kappa shape index (κ1) is 19.6. The van der Waals surface area contributed by atoms with Crippen molar-refractivity contribution in [2.24, 2.45) is 5.92 Å². The van der Waals surface area contributed by atoms with E-state index in [1.807, 2.05) is 13.8 Å². The Hall–Kier alpha value is -2.77. The second-order valence-corrected chi connectivity index (χ2v) is 6.55. The van der Waals surface area contributed by atoms with Crippen LogP contribution in [0.5, 0.6) is 5.75 Å². The molecule has 0 saturated heterocycles. The van der Waals surface area contributed by atoms with E-state index in [0.29, 0.717) is 17.9 Å². The molecular weight excluding hydrogens is 338 g/mol. The monoisotopic (exact) mass is 363 g/mol. The Morgan fingerprint density at radius 1 is 1.38 bits per heavy atom. The van der Waals surface area contributed by atoms with Gasteiger partial charge in [0.15, 0.2) is 6.10 Å². The van der Waals surface area contributed by atoms with Crippen molar-refractivity contribution in [2.45, 2.75) is 39.3 Å². The molecule has 2 rings (SSSR count). The van der Waals surface area contributed by atoms with Gasteiger partial charge in [0.2, 0.25) is 0 Å². The molecule has 3 atom stereocenters. The number of carbonyl (C=O) groups excluding carboxylic acids is 2.